The SMILES string of the molecule is CC(O)CCc1ccc(OC2CCCOC2)cc1. The van der Waals surface area contributed by atoms with Crippen molar-refractivity contribution in [2.75, 3.05) is 13.2 Å². The van der Waals surface area contributed by atoms with Gasteiger partial charge >= 0.3 is 0 Å². The molecule has 1 aromatic rings. The van der Waals surface area contributed by atoms with Crippen LogP contribution in [-0.2, 0) is 11.2 Å². The van der Waals surface area contributed by atoms with Crippen LogP contribution in [0.5, 0.6) is 5.75 Å². The van der Waals surface area contributed by atoms with Gasteiger partial charge in [-0.25, -0.2) is 0 Å². The van der Waals surface area contributed by atoms with Gasteiger partial charge in [0.1, 0.15) is 11.9 Å². The zero-order valence-corrected chi connectivity index (χ0v) is 11.0. The van der Waals surface area contributed by atoms with Crippen LogP contribution < -0.4 is 4.74 Å². The molecule has 2 atom stereocenters. The average Bonchev–Trinajstić information content (AvgIpc) is 2.39. The molecule has 0 radical (unpaired) electrons. The van der Waals surface area contributed by atoms with Crippen molar-refractivity contribution >= 4 is 0 Å². The molecule has 1 aromatic carbocycles. The fourth-order valence-electron chi connectivity index (χ4n) is 2.11. The Morgan fingerprint density at radius 3 is 2.78 bits per heavy atom. The molecule has 0 aromatic heterocycles. The first-order chi connectivity index (χ1) is 8.74. The number of aryl methyl sites for hydroxylation is 1. The Morgan fingerprint density at radius 1 is 1.39 bits per heavy atom. The molecule has 1 aliphatic rings. The van der Waals surface area contributed by atoms with Crippen LogP contribution in [0.1, 0.15) is 31.7 Å². The lowest BCUT2D eigenvalue weighted by Gasteiger charge is -2.23. The van der Waals surface area contributed by atoms with Crippen molar-refractivity contribution < 1.29 is 14.6 Å². The molecule has 3 nitrogen and oxygen atoms in total. The molecule has 0 saturated carbocycles. The van der Waals surface area contributed by atoms with Crippen molar-refractivity contribution in [3.05, 3.63) is 29.8 Å². The predicted molar refractivity (Wildman–Crippen MR) is 70.9 cm³/mol. The van der Waals surface area contributed by atoms with E-state index in [1.54, 1.807) is 0 Å². The predicted octanol–water partition coefficient (Wildman–Crippen LogP) is 2.56. The van der Waals surface area contributed by atoms with E-state index in [1.165, 1.54) is 5.56 Å². The van der Waals surface area contributed by atoms with Gasteiger partial charge in [0.25, 0.3) is 0 Å². The molecule has 0 bridgehead atoms. The second-order valence-corrected chi connectivity index (χ2v) is 4.99. The van der Waals surface area contributed by atoms with E-state index >= 15 is 0 Å². The van der Waals surface area contributed by atoms with Crippen molar-refractivity contribution in [2.24, 2.45) is 0 Å². The van der Waals surface area contributed by atoms with Crippen molar-refractivity contribution in [1.29, 1.82) is 0 Å². The number of hydrogen-bond donors (Lipinski definition) is 1. The lowest BCUT2D eigenvalue weighted by Crippen LogP contribution is -2.27. The van der Waals surface area contributed by atoms with Crippen LogP contribution >= 0.6 is 0 Å². The minimum absolute atomic E-state index is 0.196. The third-order valence-corrected chi connectivity index (χ3v) is 3.20. The van der Waals surface area contributed by atoms with E-state index in [4.69, 9.17) is 9.47 Å². The monoisotopic (exact) mass is 250 g/mol. The molecule has 2 rings (SSSR count). The summed E-state index contributed by atoms with van der Waals surface area (Å²) in [4.78, 5) is 0. The summed E-state index contributed by atoms with van der Waals surface area (Å²) in [5.74, 6) is 0.909. The Balaban J connectivity index is 1.83. The number of benzene rings is 1. The topological polar surface area (TPSA) is 38.7 Å². The summed E-state index contributed by atoms with van der Waals surface area (Å²) in [6.07, 6.45) is 3.82. The number of hydrogen-bond acceptors (Lipinski definition) is 3. The Kier molecular flexibility index (Phi) is 5.02. The van der Waals surface area contributed by atoms with Crippen LogP contribution in [-0.4, -0.2) is 30.5 Å². The van der Waals surface area contributed by atoms with Crippen LogP contribution in [0.2, 0.25) is 0 Å². The molecule has 1 N–H and O–H groups in total. The highest BCUT2D eigenvalue weighted by molar-refractivity contribution is 5.27. The van der Waals surface area contributed by atoms with Crippen LogP contribution in [0, 0.1) is 0 Å². The Hall–Kier alpha value is -1.06. The Bertz CT molecular complexity index is 339. The highest BCUT2D eigenvalue weighted by Gasteiger charge is 2.15. The van der Waals surface area contributed by atoms with E-state index in [2.05, 4.69) is 12.1 Å². The Morgan fingerprint density at radius 2 is 2.17 bits per heavy atom. The molecule has 0 aliphatic carbocycles. The van der Waals surface area contributed by atoms with Crippen LogP contribution in [0.15, 0.2) is 24.3 Å². The summed E-state index contributed by atoms with van der Waals surface area (Å²) in [6, 6.07) is 8.15. The average molecular weight is 250 g/mol. The third-order valence-electron chi connectivity index (χ3n) is 3.20. The van der Waals surface area contributed by atoms with Crippen LogP contribution in [0.4, 0.5) is 0 Å². The summed E-state index contributed by atoms with van der Waals surface area (Å²) in [5, 5.41) is 9.25. The zero-order valence-electron chi connectivity index (χ0n) is 11.0. The summed E-state index contributed by atoms with van der Waals surface area (Å²) < 4.78 is 11.3. The second-order valence-electron chi connectivity index (χ2n) is 4.99. The first-order valence-electron chi connectivity index (χ1n) is 6.75. The number of aliphatic hydroxyl groups is 1. The van der Waals surface area contributed by atoms with Gasteiger partial charge in [-0.3, -0.25) is 0 Å². The lowest BCUT2D eigenvalue weighted by molar-refractivity contribution is 0.00742. The van der Waals surface area contributed by atoms with Crippen LogP contribution in [0.3, 0.4) is 0 Å². The first-order valence-corrected chi connectivity index (χ1v) is 6.75. The highest BCUT2D eigenvalue weighted by Crippen LogP contribution is 2.18. The minimum atomic E-state index is -0.236. The van der Waals surface area contributed by atoms with E-state index < -0.39 is 0 Å². The third kappa shape index (κ3) is 4.31. The number of ether oxygens (including phenoxy) is 2. The van der Waals surface area contributed by atoms with Crippen molar-refractivity contribution in [2.45, 2.75) is 44.8 Å². The molecule has 1 fully saturated rings. The lowest BCUT2D eigenvalue weighted by atomic mass is 10.1. The zero-order chi connectivity index (χ0) is 12.8. The molecule has 2 unspecified atom stereocenters. The molecule has 1 aliphatic heterocycles. The highest BCUT2D eigenvalue weighted by atomic mass is 16.5. The molecule has 0 amide bonds. The minimum Gasteiger partial charge on any atom is -0.488 e. The van der Waals surface area contributed by atoms with Gasteiger partial charge in [0.05, 0.1) is 12.7 Å². The standard InChI is InChI=1S/C15H22O3/c1-12(16)4-5-13-6-8-14(9-7-13)18-15-3-2-10-17-11-15/h6-9,12,15-16H,2-5,10-11H2,1H3. The second kappa shape index (κ2) is 6.76. The maximum Gasteiger partial charge on any atom is 0.122 e. The largest absolute Gasteiger partial charge is 0.488 e. The van der Waals surface area contributed by atoms with E-state index in [0.29, 0.717) is 6.61 Å². The van der Waals surface area contributed by atoms with Gasteiger partial charge in [0.2, 0.25) is 0 Å². The molecule has 3 heteroatoms. The summed E-state index contributed by atoms with van der Waals surface area (Å²) >= 11 is 0. The number of aliphatic hydroxyl groups excluding tert-OH is 1. The van der Waals surface area contributed by atoms with E-state index in [1.807, 2.05) is 19.1 Å². The normalized spacial score (nSPS) is 21.6. The van der Waals surface area contributed by atoms with Gasteiger partial charge in [0, 0.05) is 6.61 Å². The molecule has 1 saturated heterocycles. The quantitative estimate of drug-likeness (QED) is 0.873. The fraction of sp³-hybridized carbons (Fsp3) is 0.600. The van der Waals surface area contributed by atoms with Gasteiger partial charge in [-0.05, 0) is 50.3 Å². The molecule has 0 spiro atoms. The molecule has 1 heterocycles. The molecular formula is C15H22O3. The first kappa shape index (κ1) is 13.4. The van der Waals surface area contributed by atoms with E-state index in [0.717, 1.165) is 38.0 Å². The van der Waals surface area contributed by atoms with E-state index in [-0.39, 0.29) is 12.2 Å². The maximum absolute atomic E-state index is 9.25. The van der Waals surface area contributed by atoms with Gasteiger partial charge in [-0.1, -0.05) is 12.1 Å². The summed E-state index contributed by atoms with van der Waals surface area (Å²) in [7, 11) is 0. The van der Waals surface area contributed by atoms with Crippen molar-refractivity contribution in [1.82, 2.24) is 0 Å². The number of rotatable bonds is 5. The van der Waals surface area contributed by atoms with Gasteiger partial charge in [-0.15, -0.1) is 0 Å². The van der Waals surface area contributed by atoms with Gasteiger partial charge in [-0.2, -0.15) is 0 Å². The Labute approximate surface area is 109 Å². The van der Waals surface area contributed by atoms with Crippen molar-refractivity contribution in [3.8, 4) is 5.75 Å². The molecular weight excluding hydrogens is 228 g/mol. The summed E-state index contributed by atoms with van der Waals surface area (Å²) in [6.45, 7) is 3.38. The maximum atomic E-state index is 9.25. The smallest absolute Gasteiger partial charge is 0.122 e. The molecule has 100 valence electrons. The van der Waals surface area contributed by atoms with Gasteiger partial charge < -0.3 is 14.6 Å². The summed E-state index contributed by atoms with van der Waals surface area (Å²) in [5.41, 5.74) is 1.24. The fourth-order valence-corrected chi connectivity index (χ4v) is 2.11. The van der Waals surface area contributed by atoms with Gasteiger partial charge in [0.15, 0.2) is 0 Å². The van der Waals surface area contributed by atoms with E-state index in [9.17, 15) is 5.11 Å². The van der Waals surface area contributed by atoms with Crippen LogP contribution in [0.25, 0.3) is 0 Å². The molecule has 18 heavy (non-hydrogen) atoms. The van der Waals surface area contributed by atoms with Crippen molar-refractivity contribution in [3.63, 3.8) is 0 Å².